The Kier molecular flexibility index (Phi) is 5.10. The zero-order valence-corrected chi connectivity index (χ0v) is 15.3. The summed E-state index contributed by atoms with van der Waals surface area (Å²) in [6.07, 6.45) is 2.54. The largest absolute Gasteiger partial charge is 0.309 e. The molecule has 3 aromatic rings. The van der Waals surface area contributed by atoms with Gasteiger partial charge in [0, 0.05) is 19.8 Å². The van der Waals surface area contributed by atoms with Crippen molar-refractivity contribution in [2.45, 2.75) is 6.42 Å². The molecule has 25 heavy (non-hydrogen) atoms. The second kappa shape index (κ2) is 7.28. The monoisotopic (exact) mass is 361 g/mol. The van der Waals surface area contributed by atoms with E-state index < -0.39 is 0 Å². The van der Waals surface area contributed by atoms with E-state index in [4.69, 9.17) is 0 Å². The van der Waals surface area contributed by atoms with Crippen LogP contribution in [0.25, 0.3) is 10.2 Å². The molecule has 0 aliphatic rings. The van der Waals surface area contributed by atoms with Gasteiger partial charge in [-0.3, -0.25) is 14.4 Å². The molecule has 0 spiro atoms. The first-order chi connectivity index (χ1) is 11.9. The fraction of sp³-hybridized carbons (Fsp3) is 0.353. The first-order valence-corrected chi connectivity index (χ1v) is 8.78. The molecule has 0 saturated carbocycles. The van der Waals surface area contributed by atoms with Gasteiger partial charge in [-0.2, -0.15) is 5.10 Å². The van der Waals surface area contributed by atoms with Crippen molar-refractivity contribution < 1.29 is 9.18 Å². The Morgan fingerprint density at radius 3 is 2.76 bits per heavy atom. The minimum absolute atomic E-state index is 0.195. The van der Waals surface area contributed by atoms with Gasteiger partial charge in [-0.25, -0.2) is 9.37 Å². The van der Waals surface area contributed by atoms with E-state index in [0.717, 1.165) is 17.7 Å². The quantitative estimate of drug-likeness (QED) is 0.677. The molecule has 0 bridgehead atoms. The number of amides is 1. The molecule has 3 rings (SSSR count). The van der Waals surface area contributed by atoms with Crippen LogP contribution in [-0.2, 0) is 7.05 Å². The van der Waals surface area contributed by atoms with Gasteiger partial charge in [-0.1, -0.05) is 11.3 Å². The van der Waals surface area contributed by atoms with E-state index >= 15 is 0 Å². The standard InChI is InChI=1S/C17H20FN5OS/c1-21(2)8-4-9-23(16(24)14-7-10-22(3)20-14)17-19-13-6-5-12(18)11-15(13)25-17/h5-7,10-11H,4,8-9H2,1-3H3. The highest BCUT2D eigenvalue weighted by atomic mass is 32.1. The Bertz CT molecular complexity index is 888. The Hall–Kier alpha value is -2.32. The summed E-state index contributed by atoms with van der Waals surface area (Å²) in [7, 11) is 5.75. The molecule has 0 unspecified atom stereocenters. The maximum atomic E-state index is 13.4. The van der Waals surface area contributed by atoms with E-state index in [1.165, 1.54) is 23.5 Å². The van der Waals surface area contributed by atoms with Gasteiger partial charge in [0.05, 0.1) is 10.2 Å². The van der Waals surface area contributed by atoms with Gasteiger partial charge in [0.15, 0.2) is 10.8 Å². The zero-order valence-electron chi connectivity index (χ0n) is 14.4. The summed E-state index contributed by atoms with van der Waals surface area (Å²) in [6.45, 7) is 1.38. The van der Waals surface area contributed by atoms with Gasteiger partial charge in [0.1, 0.15) is 5.82 Å². The van der Waals surface area contributed by atoms with Crippen LogP contribution in [0, 0.1) is 5.82 Å². The van der Waals surface area contributed by atoms with Crippen molar-refractivity contribution in [1.29, 1.82) is 0 Å². The molecular formula is C17H20FN5OS. The van der Waals surface area contributed by atoms with Crippen molar-refractivity contribution in [2.75, 3.05) is 32.1 Å². The summed E-state index contributed by atoms with van der Waals surface area (Å²) < 4.78 is 15.8. The lowest BCUT2D eigenvalue weighted by Gasteiger charge is -2.20. The molecule has 0 N–H and O–H groups in total. The molecule has 2 heterocycles. The number of nitrogens with zero attached hydrogens (tertiary/aromatic N) is 5. The number of aryl methyl sites for hydroxylation is 1. The number of fused-ring (bicyclic) bond motifs is 1. The van der Waals surface area contributed by atoms with Crippen molar-refractivity contribution in [3.8, 4) is 0 Å². The van der Waals surface area contributed by atoms with Gasteiger partial charge in [-0.15, -0.1) is 0 Å². The number of carbonyl (C=O) groups excluding carboxylic acids is 1. The van der Waals surface area contributed by atoms with Crippen LogP contribution in [0.4, 0.5) is 9.52 Å². The Morgan fingerprint density at radius 2 is 2.08 bits per heavy atom. The summed E-state index contributed by atoms with van der Waals surface area (Å²) >= 11 is 1.31. The van der Waals surface area contributed by atoms with Crippen molar-refractivity contribution in [3.05, 3.63) is 42.0 Å². The molecule has 1 aromatic carbocycles. The maximum Gasteiger partial charge on any atom is 0.280 e. The predicted octanol–water partition coefficient (Wildman–Crippen LogP) is 2.77. The predicted molar refractivity (Wildman–Crippen MR) is 97.6 cm³/mol. The van der Waals surface area contributed by atoms with Gasteiger partial charge < -0.3 is 4.90 Å². The lowest BCUT2D eigenvalue weighted by Crippen LogP contribution is -2.33. The summed E-state index contributed by atoms with van der Waals surface area (Å²) in [5, 5.41) is 4.76. The Balaban J connectivity index is 1.92. The first-order valence-electron chi connectivity index (χ1n) is 7.96. The van der Waals surface area contributed by atoms with E-state index in [-0.39, 0.29) is 11.7 Å². The third kappa shape index (κ3) is 4.02. The highest BCUT2D eigenvalue weighted by molar-refractivity contribution is 7.22. The van der Waals surface area contributed by atoms with E-state index in [1.807, 2.05) is 14.1 Å². The first kappa shape index (κ1) is 17.5. The lowest BCUT2D eigenvalue weighted by atomic mass is 10.3. The molecule has 0 aliphatic heterocycles. The van der Waals surface area contributed by atoms with Crippen LogP contribution in [-0.4, -0.2) is 52.8 Å². The molecule has 132 valence electrons. The average molecular weight is 361 g/mol. The van der Waals surface area contributed by atoms with Crippen molar-refractivity contribution in [3.63, 3.8) is 0 Å². The number of anilines is 1. The fourth-order valence-corrected chi connectivity index (χ4v) is 3.51. The highest BCUT2D eigenvalue weighted by Gasteiger charge is 2.23. The second-order valence-corrected chi connectivity index (χ2v) is 7.11. The van der Waals surface area contributed by atoms with Crippen LogP contribution < -0.4 is 4.90 Å². The van der Waals surface area contributed by atoms with Crippen LogP contribution in [0.5, 0.6) is 0 Å². The number of rotatable bonds is 6. The molecule has 0 atom stereocenters. The molecule has 0 radical (unpaired) electrons. The minimum Gasteiger partial charge on any atom is -0.309 e. The van der Waals surface area contributed by atoms with E-state index in [9.17, 15) is 9.18 Å². The second-order valence-electron chi connectivity index (χ2n) is 6.10. The van der Waals surface area contributed by atoms with Crippen LogP contribution in [0.15, 0.2) is 30.5 Å². The molecule has 0 saturated heterocycles. The highest BCUT2D eigenvalue weighted by Crippen LogP contribution is 2.30. The lowest BCUT2D eigenvalue weighted by molar-refractivity contribution is 0.0980. The van der Waals surface area contributed by atoms with Crippen molar-refractivity contribution in [2.24, 2.45) is 7.05 Å². The van der Waals surface area contributed by atoms with Crippen molar-refractivity contribution >= 4 is 32.6 Å². The van der Waals surface area contributed by atoms with Gasteiger partial charge in [-0.05, 0) is 51.3 Å². The molecule has 0 aliphatic carbocycles. The summed E-state index contributed by atoms with van der Waals surface area (Å²) in [4.78, 5) is 21.1. The zero-order chi connectivity index (χ0) is 18.0. The number of carbonyl (C=O) groups is 1. The van der Waals surface area contributed by atoms with Gasteiger partial charge in [0.2, 0.25) is 0 Å². The number of halogens is 1. The summed E-state index contributed by atoms with van der Waals surface area (Å²) in [5.41, 5.74) is 1.06. The van der Waals surface area contributed by atoms with E-state index in [2.05, 4.69) is 15.0 Å². The normalized spacial score (nSPS) is 11.4. The molecule has 1 amide bonds. The third-order valence-electron chi connectivity index (χ3n) is 3.74. The maximum absolute atomic E-state index is 13.4. The Labute approximate surface area is 149 Å². The van der Waals surface area contributed by atoms with Crippen LogP contribution in [0.1, 0.15) is 16.9 Å². The number of benzene rings is 1. The number of hydrogen-bond donors (Lipinski definition) is 0. The van der Waals surface area contributed by atoms with Crippen LogP contribution in [0.3, 0.4) is 0 Å². The number of aromatic nitrogens is 3. The molecule has 6 nitrogen and oxygen atoms in total. The fourth-order valence-electron chi connectivity index (χ4n) is 2.50. The Morgan fingerprint density at radius 1 is 1.28 bits per heavy atom. The molecule has 2 aromatic heterocycles. The topological polar surface area (TPSA) is 54.3 Å². The smallest absolute Gasteiger partial charge is 0.280 e. The third-order valence-corrected chi connectivity index (χ3v) is 4.78. The van der Waals surface area contributed by atoms with E-state index in [0.29, 0.717) is 22.9 Å². The molecule has 8 heteroatoms. The van der Waals surface area contributed by atoms with Crippen LogP contribution in [0.2, 0.25) is 0 Å². The minimum atomic E-state index is -0.307. The SMILES string of the molecule is CN(C)CCCN(C(=O)c1ccn(C)n1)c1nc2ccc(F)cc2s1. The average Bonchev–Trinajstić information content (AvgIpc) is 3.16. The molecule has 0 fully saturated rings. The van der Waals surface area contributed by atoms with Crippen LogP contribution >= 0.6 is 11.3 Å². The summed E-state index contributed by atoms with van der Waals surface area (Å²) in [5.74, 6) is -0.503. The van der Waals surface area contributed by atoms with Gasteiger partial charge >= 0.3 is 0 Å². The van der Waals surface area contributed by atoms with E-state index in [1.54, 1.807) is 35.0 Å². The number of thiazole rings is 1. The number of hydrogen-bond acceptors (Lipinski definition) is 5. The van der Waals surface area contributed by atoms with Crippen molar-refractivity contribution in [1.82, 2.24) is 19.7 Å². The molecular weight excluding hydrogens is 341 g/mol. The summed E-state index contributed by atoms with van der Waals surface area (Å²) in [6, 6.07) is 6.14. The van der Waals surface area contributed by atoms with Gasteiger partial charge in [0.25, 0.3) is 5.91 Å².